The number of benzene rings is 1. The second-order valence-electron chi connectivity index (χ2n) is 5.53. The number of hydrogen-bond donors (Lipinski definition) is 1. The van der Waals surface area contributed by atoms with E-state index >= 15 is 0 Å². The number of amides is 1. The van der Waals surface area contributed by atoms with Crippen molar-refractivity contribution in [1.82, 2.24) is 9.62 Å². The van der Waals surface area contributed by atoms with E-state index in [1.807, 2.05) is 0 Å². The maximum Gasteiger partial charge on any atom is 0.253 e. The van der Waals surface area contributed by atoms with Gasteiger partial charge in [0.1, 0.15) is 4.90 Å². The molecule has 1 N–H and O–H groups in total. The number of morpholine rings is 1. The van der Waals surface area contributed by atoms with Gasteiger partial charge in [-0.15, -0.1) is 0 Å². The Bertz CT molecular complexity index is 729. The number of rotatable bonds is 4. The second-order valence-corrected chi connectivity index (χ2v) is 8.25. The Hall–Kier alpha value is -0.860. The smallest absolute Gasteiger partial charge is 0.253 e. The number of sulfonamides is 1. The predicted molar refractivity (Wildman–Crippen MR) is 86.5 cm³/mol. The summed E-state index contributed by atoms with van der Waals surface area (Å²) in [6, 6.07) is 2.71. The minimum Gasteiger partial charge on any atom is -0.379 e. The standard InChI is InChI=1S/C14H16Cl2N2O4S/c15-11-8-12(16)13(7-10(11)14(19)17-9-1-2-9)23(20,21)18-3-5-22-6-4-18/h7-9H,1-6H2,(H,17,19). The first-order valence-corrected chi connectivity index (χ1v) is 9.47. The van der Waals surface area contributed by atoms with Gasteiger partial charge < -0.3 is 10.1 Å². The van der Waals surface area contributed by atoms with Crippen molar-refractivity contribution < 1.29 is 17.9 Å². The van der Waals surface area contributed by atoms with Crippen LogP contribution in [0.3, 0.4) is 0 Å². The molecule has 0 bridgehead atoms. The van der Waals surface area contributed by atoms with Crippen molar-refractivity contribution >= 4 is 39.1 Å². The Morgan fingerprint density at radius 3 is 2.43 bits per heavy atom. The number of carbonyl (C=O) groups is 1. The Morgan fingerprint density at radius 2 is 1.83 bits per heavy atom. The van der Waals surface area contributed by atoms with E-state index in [9.17, 15) is 13.2 Å². The van der Waals surface area contributed by atoms with Crippen LogP contribution in [-0.2, 0) is 14.8 Å². The predicted octanol–water partition coefficient (Wildman–Crippen LogP) is 1.91. The topological polar surface area (TPSA) is 75.7 Å². The van der Waals surface area contributed by atoms with Crippen molar-refractivity contribution in [2.45, 2.75) is 23.8 Å². The molecular formula is C14H16Cl2N2O4S. The lowest BCUT2D eigenvalue weighted by molar-refractivity contribution is 0.0730. The van der Waals surface area contributed by atoms with Crippen LogP contribution in [0.25, 0.3) is 0 Å². The van der Waals surface area contributed by atoms with Gasteiger partial charge >= 0.3 is 0 Å². The fourth-order valence-electron chi connectivity index (χ4n) is 2.32. The first kappa shape index (κ1) is 17.0. The van der Waals surface area contributed by atoms with Crippen molar-refractivity contribution in [2.24, 2.45) is 0 Å². The summed E-state index contributed by atoms with van der Waals surface area (Å²) in [5.74, 6) is -0.382. The minimum atomic E-state index is -3.80. The summed E-state index contributed by atoms with van der Waals surface area (Å²) in [4.78, 5) is 12.1. The van der Waals surface area contributed by atoms with Gasteiger partial charge in [0.25, 0.3) is 5.91 Å². The molecule has 1 aromatic carbocycles. The molecule has 0 atom stereocenters. The van der Waals surface area contributed by atoms with E-state index in [-0.39, 0.29) is 45.5 Å². The number of carbonyl (C=O) groups excluding carboxylic acids is 1. The van der Waals surface area contributed by atoms with Gasteiger partial charge in [0.15, 0.2) is 0 Å². The van der Waals surface area contributed by atoms with E-state index in [0.29, 0.717) is 13.2 Å². The summed E-state index contributed by atoms with van der Waals surface area (Å²) in [7, 11) is -3.80. The maximum atomic E-state index is 12.7. The molecule has 2 fully saturated rings. The zero-order chi connectivity index (χ0) is 16.6. The third-order valence-electron chi connectivity index (χ3n) is 3.77. The molecule has 1 saturated heterocycles. The zero-order valence-corrected chi connectivity index (χ0v) is 14.5. The lowest BCUT2D eigenvalue weighted by Crippen LogP contribution is -2.40. The summed E-state index contributed by atoms with van der Waals surface area (Å²) >= 11 is 12.1. The van der Waals surface area contributed by atoms with Crippen molar-refractivity contribution in [3.63, 3.8) is 0 Å². The van der Waals surface area contributed by atoms with Crippen molar-refractivity contribution in [1.29, 1.82) is 0 Å². The third kappa shape index (κ3) is 3.64. The van der Waals surface area contributed by atoms with E-state index in [1.54, 1.807) is 0 Å². The highest BCUT2D eigenvalue weighted by atomic mass is 35.5. The van der Waals surface area contributed by atoms with Crippen LogP contribution in [0, 0.1) is 0 Å². The number of halogens is 2. The quantitative estimate of drug-likeness (QED) is 0.867. The van der Waals surface area contributed by atoms with Crippen LogP contribution < -0.4 is 5.32 Å². The van der Waals surface area contributed by atoms with Crippen LogP contribution in [-0.4, -0.2) is 51.0 Å². The van der Waals surface area contributed by atoms with Gasteiger partial charge in [0.2, 0.25) is 10.0 Å². The number of ether oxygens (including phenoxy) is 1. The van der Waals surface area contributed by atoms with Gasteiger partial charge in [-0.2, -0.15) is 4.31 Å². The first-order valence-electron chi connectivity index (χ1n) is 7.27. The average molecular weight is 379 g/mol. The van der Waals surface area contributed by atoms with E-state index < -0.39 is 10.0 Å². The summed E-state index contributed by atoms with van der Waals surface area (Å²) in [6.07, 6.45) is 1.85. The van der Waals surface area contributed by atoms with Crippen molar-refractivity contribution in [2.75, 3.05) is 26.3 Å². The molecule has 0 radical (unpaired) electrons. The molecular weight excluding hydrogens is 363 g/mol. The van der Waals surface area contributed by atoms with E-state index in [1.165, 1.54) is 16.4 Å². The molecule has 2 aliphatic rings. The largest absolute Gasteiger partial charge is 0.379 e. The number of nitrogens with zero attached hydrogens (tertiary/aromatic N) is 1. The lowest BCUT2D eigenvalue weighted by atomic mass is 10.2. The second kappa shape index (κ2) is 6.57. The van der Waals surface area contributed by atoms with Crippen LogP contribution in [0.1, 0.15) is 23.2 Å². The van der Waals surface area contributed by atoms with Gasteiger partial charge in [0, 0.05) is 19.1 Å². The highest BCUT2D eigenvalue weighted by Gasteiger charge is 2.31. The van der Waals surface area contributed by atoms with Crippen molar-refractivity contribution in [3.8, 4) is 0 Å². The van der Waals surface area contributed by atoms with E-state index in [0.717, 1.165) is 12.8 Å². The fraction of sp³-hybridized carbons (Fsp3) is 0.500. The zero-order valence-electron chi connectivity index (χ0n) is 12.2. The highest BCUT2D eigenvalue weighted by molar-refractivity contribution is 7.89. The van der Waals surface area contributed by atoms with Crippen LogP contribution in [0.15, 0.2) is 17.0 Å². The normalized spacial score (nSPS) is 19.6. The van der Waals surface area contributed by atoms with Crippen LogP contribution in [0.4, 0.5) is 0 Å². The molecule has 23 heavy (non-hydrogen) atoms. The molecule has 1 aliphatic carbocycles. The number of nitrogens with one attached hydrogen (secondary N) is 1. The fourth-order valence-corrected chi connectivity index (χ4v) is 4.56. The van der Waals surface area contributed by atoms with Gasteiger partial charge in [-0.05, 0) is 25.0 Å². The summed E-state index contributed by atoms with van der Waals surface area (Å²) in [5.41, 5.74) is 0.120. The molecule has 126 valence electrons. The Balaban J connectivity index is 1.95. The highest BCUT2D eigenvalue weighted by Crippen LogP contribution is 2.31. The molecule has 0 spiro atoms. The number of hydrogen-bond acceptors (Lipinski definition) is 4. The molecule has 1 heterocycles. The maximum absolute atomic E-state index is 12.7. The molecule has 1 aliphatic heterocycles. The lowest BCUT2D eigenvalue weighted by Gasteiger charge is -2.26. The van der Waals surface area contributed by atoms with Gasteiger partial charge in [0.05, 0.1) is 28.8 Å². The molecule has 9 heteroatoms. The molecule has 3 rings (SSSR count). The van der Waals surface area contributed by atoms with Crippen molar-refractivity contribution in [3.05, 3.63) is 27.7 Å². The molecule has 6 nitrogen and oxygen atoms in total. The Kier molecular flexibility index (Phi) is 4.85. The molecule has 1 aromatic rings. The minimum absolute atomic E-state index is 0.00413. The average Bonchev–Trinajstić information content (AvgIpc) is 3.31. The summed E-state index contributed by atoms with van der Waals surface area (Å²) in [5, 5.41) is 2.93. The Morgan fingerprint density at radius 1 is 1.17 bits per heavy atom. The van der Waals surface area contributed by atoms with Crippen LogP contribution in [0.2, 0.25) is 10.0 Å². The first-order chi connectivity index (χ1) is 10.9. The molecule has 0 unspecified atom stereocenters. The van der Waals surface area contributed by atoms with Crippen LogP contribution in [0.5, 0.6) is 0 Å². The van der Waals surface area contributed by atoms with Gasteiger partial charge in [-0.3, -0.25) is 4.79 Å². The van der Waals surface area contributed by atoms with Crippen LogP contribution >= 0.6 is 23.2 Å². The SMILES string of the molecule is O=C(NC1CC1)c1cc(S(=O)(=O)N2CCOCC2)c(Cl)cc1Cl. The Labute approximate surface area is 144 Å². The molecule has 1 saturated carbocycles. The summed E-state index contributed by atoms with van der Waals surface area (Å²) in [6.45, 7) is 1.18. The van der Waals surface area contributed by atoms with E-state index in [2.05, 4.69) is 5.32 Å². The third-order valence-corrected chi connectivity index (χ3v) is 6.44. The van der Waals surface area contributed by atoms with E-state index in [4.69, 9.17) is 27.9 Å². The van der Waals surface area contributed by atoms with Gasteiger partial charge in [-0.25, -0.2) is 8.42 Å². The monoisotopic (exact) mass is 378 g/mol. The van der Waals surface area contributed by atoms with Gasteiger partial charge in [-0.1, -0.05) is 23.2 Å². The molecule has 1 amide bonds. The summed E-state index contributed by atoms with van der Waals surface area (Å²) < 4.78 is 31.9. The molecule has 0 aromatic heterocycles.